The fourth-order valence-corrected chi connectivity index (χ4v) is 4.26. The van der Waals surface area contributed by atoms with Gasteiger partial charge in [-0.15, -0.1) is 0 Å². The standard InChI is InChI=1S/C22H33N3O3/c1-3-5-6-7-16-28-19-10-8-18(9-11-19)25-21(26)17-20(22(25)27)24-14-12-23(4-2)13-15-24/h8-11,20H,3-7,12-17H2,1-2H3/p+2/t20-/m0/s1. The third-order valence-electron chi connectivity index (χ3n) is 6.10. The molecule has 0 aromatic heterocycles. The molecule has 0 unspecified atom stereocenters. The van der Waals surface area contributed by atoms with E-state index in [1.54, 1.807) is 4.90 Å². The van der Waals surface area contributed by atoms with Gasteiger partial charge >= 0.3 is 0 Å². The van der Waals surface area contributed by atoms with Crippen molar-refractivity contribution in [1.29, 1.82) is 0 Å². The van der Waals surface area contributed by atoms with Crippen LogP contribution in [0.4, 0.5) is 5.69 Å². The summed E-state index contributed by atoms with van der Waals surface area (Å²) in [7, 11) is 0. The minimum atomic E-state index is -0.222. The van der Waals surface area contributed by atoms with Crippen LogP contribution < -0.4 is 19.4 Å². The first-order chi connectivity index (χ1) is 13.6. The van der Waals surface area contributed by atoms with Gasteiger partial charge in [-0.25, -0.2) is 4.90 Å². The zero-order chi connectivity index (χ0) is 19.9. The zero-order valence-corrected chi connectivity index (χ0v) is 17.3. The number of rotatable bonds is 9. The van der Waals surface area contributed by atoms with Crippen LogP contribution in [0.3, 0.4) is 0 Å². The lowest BCUT2D eigenvalue weighted by Gasteiger charge is -2.31. The van der Waals surface area contributed by atoms with E-state index in [4.69, 9.17) is 4.74 Å². The fourth-order valence-electron chi connectivity index (χ4n) is 4.26. The Hall–Kier alpha value is -1.92. The molecular weight excluding hydrogens is 354 g/mol. The number of nitrogens with zero attached hydrogens (tertiary/aromatic N) is 1. The number of imide groups is 1. The minimum absolute atomic E-state index is 0.0480. The Kier molecular flexibility index (Phi) is 7.45. The highest BCUT2D eigenvalue weighted by Crippen LogP contribution is 2.24. The highest BCUT2D eigenvalue weighted by atomic mass is 16.5. The number of carbonyl (C=O) groups is 2. The number of unbranched alkanes of at least 4 members (excludes halogenated alkanes) is 3. The summed E-state index contributed by atoms with van der Waals surface area (Å²) < 4.78 is 5.77. The number of likely N-dealkylation sites (N-methyl/N-ethyl adjacent to an activating group) is 1. The van der Waals surface area contributed by atoms with E-state index >= 15 is 0 Å². The molecule has 0 saturated carbocycles. The van der Waals surface area contributed by atoms with Crippen molar-refractivity contribution in [2.45, 2.75) is 52.0 Å². The van der Waals surface area contributed by atoms with Crippen molar-refractivity contribution in [3.8, 4) is 5.75 Å². The summed E-state index contributed by atoms with van der Waals surface area (Å²) in [4.78, 5) is 29.8. The van der Waals surface area contributed by atoms with Crippen LogP contribution in [0.15, 0.2) is 24.3 Å². The number of hydrogen-bond acceptors (Lipinski definition) is 3. The smallest absolute Gasteiger partial charge is 0.292 e. The Balaban J connectivity index is 1.56. The van der Waals surface area contributed by atoms with E-state index in [-0.39, 0.29) is 17.9 Å². The molecular formula is C22H35N3O3+2. The second kappa shape index (κ2) is 10.0. The normalized spacial score (nSPS) is 25.4. The second-order valence-corrected chi connectivity index (χ2v) is 7.99. The summed E-state index contributed by atoms with van der Waals surface area (Å²) in [6, 6.07) is 7.15. The largest absolute Gasteiger partial charge is 0.494 e. The van der Waals surface area contributed by atoms with Crippen LogP contribution in [0.1, 0.15) is 46.0 Å². The summed E-state index contributed by atoms with van der Waals surface area (Å²) in [5, 5.41) is 0. The van der Waals surface area contributed by atoms with Gasteiger partial charge in [0.2, 0.25) is 5.91 Å². The molecule has 2 N–H and O–H groups in total. The number of amides is 2. The fraction of sp³-hybridized carbons (Fsp3) is 0.636. The lowest BCUT2D eigenvalue weighted by atomic mass is 10.1. The van der Waals surface area contributed by atoms with Crippen molar-refractivity contribution in [3.05, 3.63) is 24.3 Å². The van der Waals surface area contributed by atoms with Crippen LogP contribution in [0.25, 0.3) is 0 Å². The lowest BCUT2D eigenvalue weighted by molar-refractivity contribution is -1.02. The van der Waals surface area contributed by atoms with Gasteiger partial charge in [-0.2, -0.15) is 0 Å². The van der Waals surface area contributed by atoms with Gasteiger partial charge in [0.1, 0.15) is 31.9 Å². The number of hydrogen-bond donors (Lipinski definition) is 2. The van der Waals surface area contributed by atoms with Crippen molar-refractivity contribution in [3.63, 3.8) is 0 Å². The average Bonchev–Trinajstić information content (AvgIpc) is 3.02. The zero-order valence-electron chi connectivity index (χ0n) is 17.3. The van der Waals surface area contributed by atoms with Gasteiger partial charge in [0.15, 0.2) is 6.04 Å². The number of piperazine rings is 1. The molecule has 2 saturated heterocycles. The van der Waals surface area contributed by atoms with Gasteiger partial charge in [-0.1, -0.05) is 26.2 Å². The number of benzene rings is 1. The van der Waals surface area contributed by atoms with E-state index in [0.29, 0.717) is 18.7 Å². The van der Waals surface area contributed by atoms with Crippen LogP contribution in [0.2, 0.25) is 0 Å². The predicted molar refractivity (Wildman–Crippen MR) is 109 cm³/mol. The maximum Gasteiger partial charge on any atom is 0.292 e. The van der Waals surface area contributed by atoms with Crippen molar-refractivity contribution in [1.82, 2.24) is 0 Å². The molecule has 6 nitrogen and oxygen atoms in total. The topological polar surface area (TPSA) is 55.5 Å². The first kappa shape index (κ1) is 20.8. The molecule has 0 radical (unpaired) electrons. The molecule has 1 aromatic rings. The van der Waals surface area contributed by atoms with Crippen LogP contribution in [-0.4, -0.2) is 57.2 Å². The van der Waals surface area contributed by atoms with E-state index < -0.39 is 0 Å². The van der Waals surface area contributed by atoms with Crippen LogP contribution in [0, 0.1) is 0 Å². The maximum absolute atomic E-state index is 13.0. The van der Waals surface area contributed by atoms with Crippen molar-refractivity contribution in [2.24, 2.45) is 0 Å². The Bertz CT molecular complexity index is 653. The number of quaternary nitrogens is 2. The maximum atomic E-state index is 13.0. The molecule has 154 valence electrons. The highest BCUT2D eigenvalue weighted by Gasteiger charge is 2.46. The molecule has 6 heteroatoms. The Morgan fingerprint density at radius 1 is 1.00 bits per heavy atom. The van der Waals surface area contributed by atoms with Gasteiger partial charge in [0.25, 0.3) is 5.91 Å². The predicted octanol–water partition coefficient (Wildman–Crippen LogP) is 0.0809. The quantitative estimate of drug-likeness (QED) is 0.465. The molecule has 1 atom stereocenters. The minimum Gasteiger partial charge on any atom is -0.494 e. The van der Waals surface area contributed by atoms with E-state index in [2.05, 4.69) is 13.8 Å². The van der Waals surface area contributed by atoms with Gasteiger partial charge in [-0.3, -0.25) is 9.59 Å². The molecule has 0 aliphatic carbocycles. The first-order valence-electron chi connectivity index (χ1n) is 10.9. The molecule has 2 aliphatic rings. The van der Waals surface area contributed by atoms with Crippen molar-refractivity contribution in [2.75, 3.05) is 44.2 Å². The third kappa shape index (κ3) is 4.92. The summed E-state index contributed by atoms with van der Waals surface area (Å²) in [6.07, 6.45) is 5.01. The summed E-state index contributed by atoms with van der Waals surface area (Å²) in [5.74, 6) is 0.661. The van der Waals surface area contributed by atoms with Crippen molar-refractivity contribution < 1.29 is 24.1 Å². The van der Waals surface area contributed by atoms with Gasteiger partial charge in [0, 0.05) is 0 Å². The Morgan fingerprint density at radius 3 is 2.36 bits per heavy atom. The van der Waals surface area contributed by atoms with Crippen LogP contribution in [0.5, 0.6) is 5.75 Å². The molecule has 3 rings (SSSR count). The average molecular weight is 390 g/mol. The molecule has 1 aromatic carbocycles. The van der Waals surface area contributed by atoms with Gasteiger partial charge in [-0.05, 0) is 37.6 Å². The van der Waals surface area contributed by atoms with Crippen molar-refractivity contribution >= 4 is 17.5 Å². The summed E-state index contributed by atoms with van der Waals surface area (Å²) >= 11 is 0. The summed E-state index contributed by atoms with van der Waals surface area (Å²) in [5.41, 5.74) is 0.660. The van der Waals surface area contributed by atoms with Gasteiger partial charge in [0.05, 0.1) is 25.3 Å². The Morgan fingerprint density at radius 2 is 1.71 bits per heavy atom. The highest BCUT2D eigenvalue weighted by molar-refractivity contribution is 6.21. The van der Waals surface area contributed by atoms with E-state index in [1.165, 1.54) is 29.1 Å². The monoisotopic (exact) mass is 389 g/mol. The van der Waals surface area contributed by atoms with Crippen LogP contribution >= 0.6 is 0 Å². The molecule has 2 fully saturated rings. The molecule has 2 amide bonds. The van der Waals surface area contributed by atoms with E-state index in [0.717, 1.165) is 44.9 Å². The number of anilines is 1. The molecule has 2 aliphatic heterocycles. The second-order valence-electron chi connectivity index (χ2n) is 7.99. The number of ether oxygens (including phenoxy) is 1. The Labute approximate surface area is 168 Å². The number of carbonyl (C=O) groups excluding carboxylic acids is 2. The SMILES string of the molecule is CCCCCCOc1ccc(N2C(=O)C[C@H]([NH+]3CC[NH+](CC)CC3)C2=O)cc1. The third-order valence-corrected chi connectivity index (χ3v) is 6.10. The van der Waals surface area contributed by atoms with Gasteiger partial charge < -0.3 is 14.5 Å². The molecule has 0 spiro atoms. The molecule has 28 heavy (non-hydrogen) atoms. The van der Waals surface area contributed by atoms with E-state index in [1.807, 2.05) is 24.3 Å². The molecule has 2 heterocycles. The molecule has 0 bridgehead atoms. The van der Waals surface area contributed by atoms with Crippen LogP contribution in [-0.2, 0) is 9.59 Å². The first-order valence-corrected chi connectivity index (χ1v) is 10.9. The lowest BCUT2D eigenvalue weighted by Crippen LogP contribution is -3.29. The number of nitrogens with one attached hydrogen (secondary N) is 2. The summed E-state index contributed by atoms with van der Waals surface area (Å²) in [6.45, 7) is 10.3. The van der Waals surface area contributed by atoms with E-state index in [9.17, 15) is 9.59 Å².